The Hall–Kier alpha value is -3.48. The van der Waals surface area contributed by atoms with Gasteiger partial charge in [-0.05, 0) is 29.8 Å². The number of rotatable bonds is 5. The molecular weight excluding hydrogens is 342 g/mol. The van der Waals surface area contributed by atoms with Crippen LogP contribution in [0.3, 0.4) is 0 Å². The first-order chi connectivity index (χ1) is 13.2. The molecular formula is C20H19N5O2. The SMILES string of the molecule is O=C(Nc1ccc(Cn2cncn2)cc1)[C@H]1CC(=O)N(c2ccccc2)C1. The molecule has 1 fully saturated rings. The fraction of sp³-hybridized carbons (Fsp3) is 0.200. The third-order valence-electron chi connectivity index (χ3n) is 4.60. The van der Waals surface area contributed by atoms with Crippen molar-refractivity contribution in [3.8, 4) is 0 Å². The van der Waals surface area contributed by atoms with Crippen LogP contribution in [-0.2, 0) is 16.1 Å². The first-order valence-corrected chi connectivity index (χ1v) is 8.77. The Balaban J connectivity index is 1.37. The predicted octanol–water partition coefficient (Wildman–Crippen LogP) is 2.32. The zero-order valence-corrected chi connectivity index (χ0v) is 14.7. The lowest BCUT2D eigenvalue weighted by Gasteiger charge is -2.16. The van der Waals surface area contributed by atoms with Gasteiger partial charge in [-0.15, -0.1) is 0 Å². The molecule has 1 atom stereocenters. The van der Waals surface area contributed by atoms with Crippen LogP contribution in [0.5, 0.6) is 0 Å². The third kappa shape index (κ3) is 3.87. The highest BCUT2D eigenvalue weighted by Gasteiger charge is 2.35. The number of hydrogen-bond donors (Lipinski definition) is 1. The van der Waals surface area contributed by atoms with Gasteiger partial charge in [0.25, 0.3) is 0 Å². The van der Waals surface area contributed by atoms with Gasteiger partial charge < -0.3 is 10.2 Å². The van der Waals surface area contributed by atoms with Crippen molar-refractivity contribution < 1.29 is 9.59 Å². The molecule has 0 saturated carbocycles. The fourth-order valence-electron chi connectivity index (χ4n) is 3.18. The maximum atomic E-state index is 12.6. The van der Waals surface area contributed by atoms with Gasteiger partial charge in [0, 0.05) is 24.3 Å². The van der Waals surface area contributed by atoms with E-state index >= 15 is 0 Å². The molecule has 0 spiro atoms. The fourth-order valence-corrected chi connectivity index (χ4v) is 3.18. The first-order valence-electron chi connectivity index (χ1n) is 8.77. The highest BCUT2D eigenvalue weighted by atomic mass is 16.2. The largest absolute Gasteiger partial charge is 0.326 e. The number of benzene rings is 2. The number of nitrogens with one attached hydrogen (secondary N) is 1. The maximum Gasteiger partial charge on any atom is 0.229 e. The van der Waals surface area contributed by atoms with E-state index < -0.39 is 0 Å². The molecule has 1 aliphatic rings. The van der Waals surface area contributed by atoms with Gasteiger partial charge in [0.1, 0.15) is 12.7 Å². The van der Waals surface area contributed by atoms with Crippen molar-refractivity contribution in [2.75, 3.05) is 16.8 Å². The predicted molar refractivity (Wildman–Crippen MR) is 101 cm³/mol. The number of hydrogen-bond acceptors (Lipinski definition) is 4. The zero-order valence-electron chi connectivity index (χ0n) is 14.7. The molecule has 1 aliphatic heterocycles. The normalized spacial score (nSPS) is 16.5. The summed E-state index contributed by atoms with van der Waals surface area (Å²) >= 11 is 0. The van der Waals surface area contributed by atoms with Gasteiger partial charge >= 0.3 is 0 Å². The molecule has 0 aliphatic carbocycles. The molecule has 1 saturated heterocycles. The van der Waals surface area contributed by atoms with Crippen LogP contribution in [0, 0.1) is 5.92 Å². The van der Waals surface area contributed by atoms with E-state index in [1.807, 2.05) is 54.6 Å². The average Bonchev–Trinajstić information content (AvgIpc) is 3.34. The van der Waals surface area contributed by atoms with Gasteiger partial charge in [-0.2, -0.15) is 5.10 Å². The van der Waals surface area contributed by atoms with E-state index in [1.54, 1.807) is 15.9 Å². The quantitative estimate of drug-likeness (QED) is 0.756. The number of anilines is 2. The van der Waals surface area contributed by atoms with Crippen molar-refractivity contribution >= 4 is 23.2 Å². The van der Waals surface area contributed by atoms with Gasteiger partial charge in [-0.25, -0.2) is 9.67 Å². The Kier molecular flexibility index (Phi) is 4.65. The van der Waals surface area contributed by atoms with E-state index in [4.69, 9.17) is 0 Å². The van der Waals surface area contributed by atoms with E-state index in [-0.39, 0.29) is 24.2 Å². The summed E-state index contributed by atoms with van der Waals surface area (Å²) in [7, 11) is 0. The topological polar surface area (TPSA) is 80.1 Å². The Morgan fingerprint density at radius 2 is 1.89 bits per heavy atom. The Morgan fingerprint density at radius 1 is 1.11 bits per heavy atom. The lowest BCUT2D eigenvalue weighted by Crippen LogP contribution is -2.28. The molecule has 1 aromatic heterocycles. The maximum absolute atomic E-state index is 12.6. The minimum atomic E-state index is -0.354. The van der Waals surface area contributed by atoms with Crippen LogP contribution in [0.2, 0.25) is 0 Å². The van der Waals surface area contributed by atoms with Crippen LogP contribution in [-0.4, -0.2) is 33.1 Å². The molecule has 0 radical (unpaired) electrons. The van der Waals surface area contributed by atoms with Crippen molar-refractivity contribution in [1.29, 1.82) is 0 Å². The number of nitrogens with zero attached hydrogens (tertiary/aromatic N) is 4. The molecule has 0 unspecified atom stereocenters. The van der Waals surface area contributed by atoms with E-state index in [2.05, 4.69) is 15.4 Å². The zero-order chi connectivity index (χ0) is 18.6. The van der Waals surface area contributed by atoms with Crippen LogP contribution in [0.15, 0.2) is 67.3 Å². The van der Waals surface area contributed by atoms with Gasteiger partial charge in [-0.3, -0.25) is 9.59 Å². The van der Waals surface area contributed by atoms with Crippen molar-refractivity contribution in [3.05, 3.63) is 72.8 Å². The van der Waals surface area contributed by atoms with Crippen molar-refractivity contribution in [1.82, 2.24) is 14.8 Å². The molecule has 3 aromatic rings. The Morgan fingerprint density at radius 3 is 2.59 bits per heavy atom. The van der Waals surface area contributed by atoms with Crippen LogP contribution >= 0.6 is 0 Å². The Bertz CT molecular complexity index is 923. The molecule has 4 rings (SSSR count). The molecule has 0 bridgehead atoms. The van der Waals surface area contributed by atoms with Crippen LogP contribution in [0.1, 0.15) is 12.0 Å². The second-order valence-electron chi connectivity index (χ2n) is 6.52. The summed E-state index contributed by atoms with van der Waals surface area (Å²) in [5, 5.41) is 6.98. The Labute approximate surface area is 156 Å². The molecule has 7 heteroatoms. The number of aromatic nitrogens is 3. The molecule has 27 heavy (non-hydrogen) atoms. The smallest absolute Gasteiger partial charge is 0.229 e. The van der Waals surface area contributed by atoms with Gasteiger partial charge in [-0.1, -0.05) is 30.3 Å². The van der Waals surface area contributed by atoms with E-state index in [1.165, 1.54) is 6.33 Å². The van der Waals surface area contributed by atoms with Crippen LogP contribution in [0.25, 0.3) is 0 Å². The van der Waals surface area contributed by atoms with Crippen molar-refractivity contribution in [2.24, 2.45) is 5.92 Å². The number of carbonyl (C=O) groups excluding carboxylic acids is 2. The monoisotopic (exact) mass is 361 g/mol. The summed E-state index contributed by atoms with van der Waals surface area (Å²) < 4.78 is 1.73. The summed E-state index contributed by atoms with van der Waals surface area (Å²) in [5.74, 6) is -0.511. The van der Waals surface area contributed by atoms with Gasteiger partial charge in [0.2, 0.25) is 11.8 Å². The highest BCUT2D eigenvalue weighted by molar-refractivity contribution is 6.03. The minimum Gasteiger partial charge on any atom is -0.326 e. The summed E-state index contributed by atoms with van der Waals surface area (Å²) in [5.41, 5.74) is 2.60. The lowest BCUT2D eigenvalue weighted by molar-refractivity contribution is -0.122. The highest BCUT2D eigenvalue weighted by Crippen LogP contribution is 2.25. The van der Waals surface area contributed by atoms with Crippen LogP contribution < -0.4 is 10.2 Å². The lowest BCUT2D eigenvalue weighted by atomic mass is 10.1. The molecule has 1 N–H and O–H groups in total. The molecule has 2 heterocycles. The third-order valence-corrected chi connectivity index (χ3v) is 4.60. The second kappa shape index (κ2) is 7.41. The number of carbonyl (C=O) groups is 2. The van der Waals surface area contributed by atoms with E-state index in [9.17, 15) is 9.59 Å². The summed E-state index contributed by atoms with van der Waals surface area (Å²) in [6.07, 6.45) is 3.38. The second-order valence-corrected chi connectivity index (χ2v) is 6.52. The van der Waals surface area contributed by atoms with Crippen molar-refractivity contribution in [2.45, 2.75) is 13.0 Å². The van der Waals surface area contributed by atoms with Crippen molar-refractivity contribution in [3.63, 3.8) is 0 Å². The molecule has 136 valence electrons. The summed E-state index contributed by atoms with van der Waals surface area (Å²) in [4.78, 5) is 30.4. The summed E-state index contributed by atoms with van der Waals surface area (Å²) in [6.45, 7) is 1.02. The van der Waals surface area contributed by atoms with Crippen LogP contribution in [0.4, 0.5) is 11.4 Å². The molecule has 7 nitrogen and oxygen atoms in total. The van der Waals surface area contributed by atoms with E-state index in [0.717, 1.165) is 11.3 Å². The average molecular weight is 361 g/mol. The minimum absolute atomic E-state index is 0.0236. The van der Waals surface area contributed by atoms with Gasteiger partial charge in [0.05, 0.1) is 12.5 Å². The number of amides is 2. The summed E-state index contributed by atoms with van der Waals surface area (Å²) in [6, 6.07) is 17.0. The van der Waals surface area contributed by atoms with E-state index in [0.29, 0.717) is 18.8 Å². The molecule has 2 amide bonds. The number of para-hydroxylation sites is 1. The molecule has 2 aromatic carbocycles. The van der Waals surface area contributed by atoms with Gasteiger partial charge in [0.15, 0.2) is 0 Å². The standard InChI is InChI=1S/C20H19N5O2/c26-19-10-16(12-25(19)18-4-2-1-3-5-18)20(27)23-17-8-6-15(7-9-17)11-24-14-21-13-22-24/h1-9,13-14,16H,10-12H2,(H,23,27)/t16-/m0/s1. The first kappa shape index (κ1) is 17.0.